The molecule has 0 radical (unpaired) electrons. The molecule has 3 nitrogen and oxygen atoms in total. The predicted molar refractivity (Wildman–Crippen MR) is 63.6 cm³/mol. The smallest absolute Gasteiger partial charge is 0.143 e. The minimum atomic E-state index is 0.336. The molecule has 2 N–H and O–H groups in total. The maximum absolute atomic E-state index is 5.37. The van der Waals surface area contributed by atoms with Crippen molar-refractivity contribution in [1.82, 2.24) is 15.4 Å². The molecule has 0 aliphatic heterocycles. The van der Waals surface area contributed by atoms with Crippen LogP contribution in [0, 0.1) is 22.4 Å². The molecule has 4 aliphatic carbocycles. The van der Waals surface area contributed by atoms with Gasteiger partial charge in [0.15, 0.2) is 0 Å². The summed E-state index contributed by atoms with van der Waals surface area (Å²) >= 11 is 5.37. The van der Waals surface area contributed by atoms with E-state index in [9.17, 15) is 0 Å². The van der Waals surface area contributed by atoms with Crippen LogP contribution in [-0.4, -0.2) is 15.4 Å². The van der Waals surface area contributed by atoms with Crippen molar-refractivity contribution < 1.29 is 0 Å². The lowest BCUT2D eigenvalue weighted by atomic mass is 9.49. The Bertz CT molecular complexity index is 437. The molecular formula is C12H17N3S. The van der Waals surface area contributed by atoms with E-state index < -0.39 is 0 Å². The Labute approximate surface area is 100 Å². The maximum atomic E-state index is 5.37. The molecule has 86 valence electrons. The van der Waals surface area contributed by atoms with E-state index in [0.717, 1.165) is 22.4 Å². The normalized spacial score (nSPS) is 45.1. The van der Waals surface area contributed by atoms with Crippen molar-refractivity contribution in [3.8, 4) is 0 Å². The second-order valence-corrected chi connectivity index (χ2v) is 6.63. The molecule has 0 saturated heterocycles. The Balaban J connectivity index is 1.82. The molecule has 4 bridgehead atoms. The molecule has 1 aromatic heterocycles. The molecule has 4 aliphatic rings. The Hall–Kier alpha value is -0.640. The van der Waals surface area contributed by atoms with E-state index in [4.69, 9.17) is 12.2 Å². The van der Waals surface area contributed by atoms with Crippen molar-refractivity contribution in [3.05, 3.63) is 10.3 Å². The van der Waals surface area contributed by atoms with E-state index in [1.165, 1.54) is 44.2 Å². The number of nitrogens with zero attached hydrogens (tertiary/aromatic N) is 1. The zero-order chi connectivity index (χ0) is 10.8. The first kappa shape index (κ1) is 9.40. The van der Waals surface area contributed by atoms with E-state index in [0.29, 0.717) is 5.41 Å². The molecule has 4 fully saturated rings. The van der Waals surface area contributed by atoms with Crippen LogP contribution in [0.5, 0.6) is 0 Å². The Kier molecular flexibility index (Phi) is 1.75. The minimum absolute atomic E-state index is 0.336. The lowest BCUT2D eigenvalue weighted by Gasteiger charge is -2.56. The number of aromatic amines is 2. The monoisotopic (exact) mass is 235 g/mol. The third-order valence-corrected chi connectivity index (χ3v) is 5.39. The molecule has 0 aromatic carbocycles. The van der Waals surface area contributed by atoms with E-state index in [1.807, 2.05) is 0 Å². The summed E-state index contributed by atoms with van der Waals surface area (Å²) in [7, 11) is 0. The van der Waals surface area contributed by atoms with Gasteiger partial charge >= 0.3 is 0 Å². The molecule has 4 saturated carbocycles. The van der Waals surface area contributed by atoms with Gasteiger partial charge in [0, 0.05) is 5.41 Å². The number of hydrogen-bond acceptors (Lipinski definition) is 2. The van der Waals surface area contributed by atoms with Gasteiger partial charge in [0.2, 0.25) is 0 Å². The first-order valence-electron chi connectivity index (χ1n) is 6.39. The van der Waals surface area contributed by atoms with Crippen LogP contribution in [0.15, 0.2) is 0 Å². The first-order valence-corrected chi connectivity index (χ1v) is 6.79. The van der Waals surface area contributed by atoms with E-state index in [1.54, 1.807) is 0 Å². The van der Waals surface area contributed by atoms with Crippen LogP contribution in [0.1, 0.15) is 44.2 Å². The van der Waals surface area contributed by atoms with Crippen molar-refractivity contribution >= 4 is 12.2 Å². The van der Waals surface area contributed by atoms with Crippen LogP contribution in [0.4, 0.5) is 0 Å². The van der Waals surface area contributed by atoms with E-state index in [-0.39, 0.29) is 0 Å². The van der Waals surface area contributed by atoms with Gasteiger partial charge in [0.05, 0.1) is 0 Å². The molecule has 1 aromatic rings. The Morgan fingerprint density at radius 1 is 1.06 bits per heavy atom. The van der Waals surface area contributed by atoms with Gasteiger partial charge in [-0.05, 0) is 56.3 Å². The van der Waals surface area contributed by atoms with Crippen LogP contribution in [0.2, 0.25) is 0 Å². The number of nitrogens with one attached hydrogen (secondary N) is 2. The zero-order valence-corrected chi connectivity index (χ0v) is 10.1. The highest BCUT2D eigenvalue weighted by molar-refractivity contribution is 7.71. The molecule has 0 amide bonds. The summed E-state index contributed by atoms with van der Waals surface area (Å²) < 4.78 is 0.849. The van der Waals surface area contributed by atoms with Gasteiger partial charge in [-0.1, -0.05) is 12.2 Å². The summed E-state index contributed by atoms with van der Waals surface area (Å²) in [5.41, 5.74) is 1.50. The standard InChI is InChI=1S/C12H17N3S/c16-11-10(13-15-14-11)12-4-7-1-8(5-12)3-9(2-7)6-12/h7-9H,1-6H2,(H2,13,14,15,16). The Morgan fingerprint density at radius 3 is 2.06 bits per heavy atom. The summed E-state index contributed by atoms with van der Waals surface area (Å²) in [6.07, 6.45) is 8.42. The van der Waals surface area contributed by atoms with Gasteiger partial charge < -0.3 is 0 Å². The van der Waals surface area contributed by atoms with Crippen LogP contribution in [0.3, 0.4) is 0 Å². The van der Waals surface area contributed by atoms with Crippen LogP contribution in [-0.2, 0) is 5.41 Å². The lowest BCUT2D eigenvalue weighted by Crippen LogP contribution is -2.48. The number of hydrogen-bond donors (Lipinski definition) is 2. The second kappa shape index (κ2) is 2.97. The topological polar surface area (TPSA) is 44.5 Å². The van der Waals surface area contributed by atoms with E-state index >= 15 is 0 Å². The van der Waals surface area contributed by atoms with Crippen LogP contribution in [0.25, 0.3) is 0 Å². The highest BCUT2D eigenvalue weighted by atomic mass is 32.1. The van der Waals surface area contributed by atoms with Gasteiger partial charge in [-0.2, -0.15) is 5.10 Å². The lowest BCUT2D eigenvalue weighted by molar-refractivity contribution is -0.00743. The summed E-state index contributed by atoms with van der Waals surface area (Å²) in [6.45, 7) is 0. The van der Waals surface area contributed by atoms with Gasteiger partial charge in [0.1, 0.15) is 10.3 Å². The van der Waals surface area contributed by atoms with Crippen LogP contribution >= 0.6 is 12.2 Å². The molecular weight excluding hydrogens is 218 g/mol. The first-order chi connectivity index (χ1) is 7.75. The molecule has 5 rings (SSSR count). The largest absolute Gasteiger partial charge is 0.273 e. The summed E-state index contributed by atoms with van der Waals surface area (Å²) in [5, 5.41) is 10.2. The van der Waals surface area contributed by atoms with Gasteiger partial charge in [-0.15, -0.1) is 0 Å². The SMILES string of the molecule is S=c1[nH][nH]nc1C12CC3CC(CC(C3)C1)C2. The summed E-state index contributed by atoms with van der Waals surface area (Å²) in [6, 6.07) is 0. The fourth-order valence-electron chi connectivity index (χ4n) is 5.00. The van der Waals surface area contributed by atoms with Crippen molar-refractivity contribution in [2.45, 2.75) is 43.9 Å². The van der Waals surface area contributed by atoms with Gasteiger partial charge in [-0.25, -0.2) is 5.21 Å². The quantitative estimate of drug-likeness (QED) is 0.735. The maximum Gasteiger partial charge on any atom is 0.143 e. The highest BCUT2D eigenvalue weighted by Gasteiger charge is 2.53. The molecule has 16 heavy (non-hydrogen) atoms. The molecule has 4 heteroatoms. The number of rotatable bonds is 1. The highest BCUT2D eigenvalue weighted by Crippen LogP contribution is 2.60. The molecule has 1 heterocycles. The number of H-pyrrole nitrogens is 2. The molecule has 0 unspecified atom stereocenters. The fraction of sp³-hybridized carbons (Fsp3) is 0.833. The van der Waals surface area contributed by atoms with Gasteiger partial charge in [0.25, 0.3) is 0 Å². The average Bonchev–Trinajstić information content (AvgIpc) is 2.62. The van der Waals surface area contributed by atoms with Crippen molar-refractivity contribution in [1.29, 1.82) is 0 Å². The third kappa shape index (κ3) is 1.14. The van der Waals surface area contributed by atoms with Crippen molar-refractivity contribution in [3.63, 3.8) is 0 Å². The fourth-order valence-corrected chi connectivity index (χ4v) is 5.31. The second-order valence-electron chi connectivity index (χ2n) is 6.22. The summed E-state index contributed by atoms with van der Waals surface area (Å²) in [5.74, 6) is 2.87. The number of aromatic nitrogens is 3. The molecule has 0 spiro atoms. The summed E-state index contributed by atoms with van der Waals surface area (Å²) in [4.78, 5) is 0. The van der Waals surface area contributed by atoms with Crippen LogP contribution < -0.4 is 0 Å². The molecule has 0 atom stereocenters. The predicted octanol–water partition coefficient (Wildman–Crippen LogP) is 2.94. The van der Waals surface area contributed by atoms with Gasteiger partial charge in [-0.3, -0.25) is 5.10 Å². The van der Waals surface area contributed by atoms with Crippen molar-refractivity contribution in [2.24, 2.45) is 17.8 Å². The Morgan fingerprint density at radius 2 is 1.62 bits per heavy atom. The minimum Gasteiger partial charge on any atom is -0.273 e. The average molecular weight is 235 g/mol. The van der Waals surface area contributed by atoms with E-state index in [2.05, 4.69) is 15.4 Å². The van der Waals surface area contributed by atoms with Crippen molar-refractivity contribution in [2.75, 3.05) is 0 Å². The third-order valence-electron chi connectivity index (χ3n) is 5.09. The zero-order valence-electron chi connectivity index (χ0n) is 9.33.